The maximum Gasteiger partial charge on any atom is 0.273 e. The summed E-state index contributed by atoms with van der Waals surface area (Å²) in [7, 11) is 1.58. The van der Waals surface area contributed by atoms with Crippen LogP contribution in [0.2, 0.25) is 0 Å². The Bertz CT molecular complexity index is 1530. The molecule has 3 amide bonds. The van der Waals surface area contributed by atoms with Gasteiger partial charge in [-0.05, 0) is 85.4 Å². The molecule has 0 bridgehead atoms. The Morgan fingerprint density at radius 2 is 1.77 bits per heavy atom. The van der Waals surface area contributed by atoms with Crippen LogP contribution in [0.15, 0.2) is 59.0 Å². The van der Waals surface area contributed by atoms with Crippen molar-refractivity contribution in [1.29, 1.82) is 0 Å². The Labute approximate surface area is 229 Å². The lowest BCUT2D eigenvalue weighted by molar-refractivity contribution is -0.123. The number of carbonyl (C=O) groups excluding carboxylic acids is 3. The summed E-state index contributed by atoms with van der Waals surface area (Å²) in [5.74, 6) is -0.443. The van der Waals surface area contributed by atoms with Crippen molar-refractivity contribution in [2.45, 2.75) is 33.4 Å². The number of primary amides is 1. The number of rotatable bonds is 9. The first kappa shape index (κ1) is 27.4. The van der Waals surface area contributed by atoms with E-state index in [2.05, 4.69) is 9.69 Å². The summed E-state index contributed by atoms with van der Waals surface area (Å²) in [5, 5.41) is 2.91. The van der Waals surface area contributed by atoms with Gasteiger partial charge in [0, 0.05) is 12.2 Å². The van der Waals surface area contributed by atoms with E-state index < -0.39 is 23.8 Å². The third-order valence-corrected chi connectivity index (χ3v) is 7.16. The zero-order valence-corrected chi connectivity index (χ0v) is 22.8. The lowest BCUT2D eigenvalue weighted by atomic mass is 10.1. The van der Waals surface area contributed by atoms with Gasteiger partial charge < -0.3 is 25.9 Å². The number of carbonyl (C=O) groups is 3. The SMILES string of the molecule is COc1ccc(CNC(=O)C(c2ccc(C)o2)N(C(=O)c2snc(C(N)=O)c2N)c2ccc(C)c(C)c2)cc1. The summed E-state index contributed by atoms with van der Waals surface area (Å²) in [6.07, 6.45) is 0. The van der Waals surface area contributed by atoms with Crippen LogP contribution >= 0.6 is 11.5 Å². The molecule has 0 fully saturated rings. The molecule has 2 heterocycles. The third-order valence-electron chi connectivity index (χ3n) is 6.31. The average molecular weight is 548 g/mol. The van der Waals surface area contributed by atoms with Gasteiger partial charge in [-0.1, -0.05) is 18.2 Å². The first-order valence-corrected chi connectivity index (χ1v) is 12.8. The maximum absolute atomic E-state index is 14.1. The fourth-order valence-corrected chi connectivity index (χ4v) is 4.74. The largest absolute Gasteiger partial charge is 0.497 e. The van der Waals surface area contributed by atoms with Gasteiger partial charge in [0.1, 0.15) is 22.1 Å². The van der Waals surface area contributed by atoms with Crippen LogP contribution < -0.4 is 26.4 Å². The van der Waals surface area contributed by atoms with Crippen molar-refractivity contribution >= 4 is 40.6 Å². The van der Waals surface area contributed by atoms with E-state index in [1.54, 1.807) is 50.4 Å². The van der Waals surface area contributed by atoms with Crippen LogP contribution in [0.1, 0.15) is 54.4 Å². The molecule has 10 nitrogen and oxygen atoms in total. The molecule has 2 aromatic heterocycles. The van der Waals surface area contributed by atoms with Gasteiger partial charge in [-0.25, -0.2) is 0 Å². The minimum atomic E-state index is -1.20. The van der Waals surface area contributed by atoms with Gasteiger partial charge in [0.2, 0.25) is 0 Å². The molecule has 0 spiro atoms. The van der Waals surface area contributed by atoms with E-state index in [0.29, 0.717) is 17.2 Å². The first-order valence-electron chi connectivity index (χ1n) is 12.0. The molecule has 0 saturated heterocycles. The number of nitrogens with zero attached hydrogens (tertiary/aromatic N) is 2. The molecule has 5 N–H and O–H groups in total. The standard InChI is InChI=1S/C28H29N5O5S/c1-15-5-9-19(13-16(15)2)33(28(36)25-22(29)23(26(30)34)32-39-25)24(21-12-6-17(3)38-21)27(35)31-14-18-7-10-20(37-4)11-8-18/h5-13,24H,14,29H2,1-4H3,(H2,30,34)(H,31,35). The van der Waals surface area contributed by atoms with Crippen LogP contribution in [-0.4, -0.2) is 29.2 Å². The highest BCUT2D eigenvalue weighted by atomic mass is 32.1. The van der Waals surface area contributed by atoms with Gasteiger partial charge in [-0.3, -0.25) is 19.3 Å². The summed E-state index contributed by atoms with van der Waals surface area (Å²) in [6.45, 7) is 5.80. The highest BCUT2D eigenvalue weighted by Crippen LogP contribution is 2.34. The Kier molecular flexibility index (Phi) is 8.01. The van der Waals surface area contributed by atoms with E-state index in [1.165, 1.54) is 4.90 Å². The van der Waals surface area contributed by atoms with E-state index in [-0.39, 0.29) is 28.6 Å². The molecule has 0 aliphatic rings. The second-order valence-corrected chi connectivity index (χ2v) is 9.77. The van der Waals surface area contributed by atoms with Crippen molar-refractivity contribution in [3.8, 4) is 5.75 Å². The van der Waals surface area contributed by atoms with Crippen molar-refractivity contribution in [3.63, 3.8) is 0 Å². The minimum absolute atomic E-state index is 0.0155. The van der Waals surface area contributed by atoms with Crippen molar-refractivity contribution in [2.75, 3.05) is 17.7 Å². The van der Waals surface area contributed by atoms with Crippen LogP contribution in [0.25, 0.3) is 0 Å². The number of nitrogens with two attached hydrogens (primary N) is 2. The minimum Gasteiger partial charge on any atom is -0.497 e. The Hall–Kier alpha value is -4.64. The maximum atomic E-state index is 14.1. The summed E-state index contributed by atoms with van der Waals surface area (Å²) < 4.78 is 15.1. The van der Waals surface area contributed by atoms with E-state index in [1.807, 2.05) is 32.0 Å². The van der Waals surface area contributed by atoms with Crippen LogP contribution in [0.3, 0.4) is 0 Å². The number of hydrogen-bond acceptors (Lipinski definition) is 8. The molecule has 4 rings (SSSR count). The molecule has 0 aliphatic carbocycles. The molecule has 0 radical (unpaired) electrons. The molecule has 11 heteroatoms. The van der Waals surface area contributed by atoms with Crippen LogP contribution in [0, 0.1) is 20.8 Å². The summed E-state index contributed by atoms with van der Waals surface area (Å²) in [4.78, 5) is 41.0. The van der Waals surface area contributed by atoms with Crippen molar-refractivity contribution < 1.29 is 23.5 Å². The van der Waals surface area contributed by atoms with Gasteiger partial charge >= 0.3 is 0 Å². The molecule has 39 heavy (non-hydrogen) atoms. The molecular weight excluding hydrogens is 518 g/mol. The van der Waals surface area contributed by atoms with Crippen LogP contribution in [0.5, 0.6) is 5.75 Å². The van der Waals surface area contributed by atoms with Gasteiger partial charge in [-0.15, -0.1) is 0 Å². The lowest BCUT2D eigenvalue weighted by Gasteiger charge is -2.30. The number of methoxy groups -OCH3 is 1. The Morgan fingerprint density at radius 1 is 1.05 bits per heavy atom. The third kappa shape index (κ3) is 5.78. The second kappa shape index (κ2) is 11.4. The summed E-state index contributed by atoms with van der Waals surface area (Å²) >= 11 is 0.745. The quantitative estimate of drug-likeness (QED) is 0.286. The Morgan fingerprint density at radius 3 is 2.33 bits per heavy atom. The smallest absolute Gasteiger partial charge is 0.273 e. The number of aryl methyl sites for hydroxylation is 3. The number of nitrogen functional groups attached to an aromatic ring is 1. The van der Waals surface area contributed by atoms with E-state index >= 15 is 0 Å². The van der Waals surface area contributed by atoms with Gasteiger partial charge in [0.05, 0.1) is 12.8 Å². The number of amides is 3. The fourth-order valence-electron chi connectivity index (χ4n) is 4.00. The average Bonchev–Trinajstić information content (AvgIpc) is 3.52. The number of aromatic nitrogens is 1. The molecule has 0 saturated carbocycles. The molecule has 1 atom stereocenters. The summed E-state index contributed by atoms with van der Waals surface area (Å²) in [6, 6.07) is 14.8. The van der Waals surface area contributed by atoms with E-state index in [4.69, 9.17) is 20.6 Å². The Balaban J connectivity index is 1.79. The number of benzene rings is 2. The monoisotopic (exact) mass is 547 g/mol. The topological polar surface area (TPSA) is 154 Å². The van der Waals surface area contributed by atoms with E-state index in [0.717, 1.165) is 28.2 Å². The molecule has 4 aromatic rings. The fraction of sp³-hybridized carbons (Fsp3) is 0.214. The van der Waals surface area contributed by atoms with Crippen molar-refractivity contribution in [2.24, 2.45) is 5.73 Å². The predicted octanol–water partition coefficient (Wildman–Crippen LogP) is 4.06. The highest BCUT2D eigenvalue weighted by molar-refractivity contribution is 7.09. The van der Waals surface area contributed by atoms with Gasteiger partial charge in [0.15, 0.2) is 11.7 Å². The highest BCUT2D eigenvalue weighted by Gasteiger charge is 2.38. The normalized spacial score (nSPS) is 11.6. The molecule has 2 aromatic carbocycles. The molecule has 1 unspecified atom stereocenters. The van der Waals surface area contributed by atoms with Gasteiger partial charge in [-0.2, -0.15) is 4.37 Å². The zero-order valence-electron chi connectivity index (χ0n) is 22.0. The van der Waals surface area contributed by atoms with Crippen molar-refractivity contribution in [1.82, 2.24) is 9.69 Å². The van der Waals surface area contributed by atoms with Crippen molar-refractivity contribution in [3.05, 3.63) is 93.4 Å². The number of ether oxygens (including phenoxy) is 1. The van der Waals surface area contributed by atoms with E-state index in [9.17, 15) is 14.4 Å². The number of nitrogens with one attached hydrogen (secondary N) is 1. The predicted molar refractivity (Wildman–Crippen MR) is 149 cm³/mol. The number of hydrogen-bond donors (Lipinski definition) is 3. The first-order chi connectivity index (χ1) is 18.6. The molecule has 0 aliphatic heterocycles. The number of furan rings is 1. The molecular formula is C28H29N5O5S. The lowest BCUT2D eigenvalue weighted by Crippen LogP contribution is -2.43. The van der Waals surface area contributed by atoms with Gasteiger partial charge in [0.25, 0.3) is 17.7 Å². The van der Waals surface area contributed by atoms with Crippen LogP contribution in [0.4, 0.5) is 11.4 Å². The zero-order chi connectivity index (χ0) is 28.3. The summed E-state index contributed by atoms with van der Waals surface area (Å²) in [5.41, 5.74) is 14.4. The van der Waals surface area contributed by atoms with Crippen LogP contribution in [-0.2, 0) is 11.3 Å². The molecule has 202 valence electrons. The second-order valence-electron chi connectivity index (χ2n) is 9.00. The number of anilines is 2.